The third kappa shape index (κ3) is 24.6. The van der Waals surface area contributed by atoms with Crippen LogP contribution in [0.1, 0.15) is 234 Å². The number of aliphatic carboxylic acids is 2. The number of carbonyl (C=O) groups excluding carboxylic acids is 4. The molecule has 2 aliphatic rings. The van der Waals surface area contributed by atoms with Crippen LogP contribution in [-0.2, 0) is 26.7 Å². The molecule has 2 aliphatic carbocycles. The normalized spacial score (nSPS) is 13.2. The first-order chi connectivity index (χ1) is 31.2. The van der Waals surface area contributed by atoms with Crippen LogP contribution in [0.5, 0.6) is 0 Å². The number of unbranched alkanes of at least 4 members (excludes halogenated alkanes) is 22. The molecule has 0 aromatic heterocycles. The maximum absolute atomic E-state index is 12.5. The van der Waals surface area contributed by atoms with Crippen molar-refractivity contribution >= 4 is 35.1 Å². The second-order valence-corrected chi connectivity index (χ2v) is 17.5. The van der Waals surface area contributed by atoms with Crippen molar-refractivity contribution in [2.24, 2.45) is 0 Å². The monoisotopic (exact) mass is 939 g/mol. The molecular formula is C56H76CuO8. The largest absolute Gasteiger partial charge is 0.481 e. The van der Waals surface area contributed by atoms with Gasteiger partial charge in [-0.3, -0.25) is 28.8 Å². The van der Waals surface area contributed by atoms with Crippen molar-refractivity contribution in [2.45, 2.75) is 193 Å². The summed E-state index contributed by atoms with van der Waals surface area (Å²) in [7, 11) is 0. The van der Waals surface area contributed by atoms with E-state index in [2.05, 4.69) is 24.3 Å². The number of benzene rings is 2. The Hall–Kier alpha value is -4.46. The van der Waals surface area contributed by atoms with E-state index in [1.165, 1.54) is 89.2 Å². The van der Waals surface area contributed by atoms with Crippen LogP contribution < -0.4 is 0 Å². The van der Waals surface area contributed by atoms with E-state index in [4.69, 9.17) is 10.2 Å². The fourth-order valence-electron chi connectivity index (χ4n) is 8.29. The molecule has 0 atom stereocenters. The van der Waals surface area contributed by atoms with Crippen LogP contribution in [0.15, 0.2) is 96.1 Å². The van der Waals surface area contributed by atoms with Gasteiger partial charge in [-0.05, 0) is 102 Å². The first-order valence-corrected chi connectivity index (χ1v) is 24.7. The molecule has 0 aliphatic heterocycles. The zero-order valence-electron chi connectivity index (χ0n) is 38.9. The van der Waals surface area contributed by atoms with Gasteiger partial charge in [0.2, 0.25) is 0 Å². The van der Waals surface area contributed by atoms with E-state index in [-0.39, 0.29) is 40.2 Å². The van der Waals surface area contributed by atoms with Crippen LogP contribution in [0.25, 0.3) is 0 Å². The van der Waals surface area contributed by atoms with Gasteiger partial charge in [0.1, 0.15) is 0 Å². The Labute approximate surface area is 400 Å². The van der Waals surface area contributed by atoms with Gasteiger partial charge in [0.05, 0.1) is 0 Å². The molecule has 0 bridgehead atoms. The van der Waals surface area contributed by atoms with Crippen LogP contribution >= 0.6 is 0 Å². The molecule has 0 fully saturated rings. The standard InChI is InChI=1S/2C28H38O4.Cu/c2*29-26-22-23(28(32)25-20-17-16-19-24(25)26)18-14-12-10-8-6-4-2-1-3-5-7-9-11-13-15-21-27(30)31;/h2*1,3,16-17,19-20,22H,2,4-15,18,21H2,(H,30,31);/b2*3-1-;. The van der Waals surface area contributed by atoms with Crippen molar-refractivity contribution in [3.8, 4) is 0 Å². The molecule has 0 spiro atoms. The van der Waals surface area contributed by atoms with E-state index >= 15 is 0 Å². The van der Waals surface area contributed by atoms with E-state index in [1.807, 2.05) is 12.1 Å². The summed E-state index contributed by atoms with van der Waals surface area (Å²) < 4.78 is 0. The van der Waals surface area contributed by atoms with E-state index < -0.39 is 11.9 Å². The Balaban J connectivity index is 0.000000440. The molecular weight excluding hydrogens is 864 g/mol. The molecule has 65 heavy (non-hydrogen) atoms. The summed E-state index contributed by atoms with van der Waals surface area (Å²) in [5.41, 5.74) is 3.50. The maximum Gasteiger partial charge on any atom is 0.303 e. The van der Waals surface area contributed by atoms with Crippen LogP contribution in [0, 0.1) is 0 Å². The number of fused-ring (bicyclic) bond motifs is 2. The summed E-state index contributed by atoms with van der Waals surface area (Å²) in [4.78, 5) is 70.3. The quantitative estimate of drug-likeness (QED) is 0.0401. The minimum absolute atomic E-state index is 0. The summed E-state index contributed by atoms with van der Waals surface area (Å²) in [5, 5.41) is 17.2. The van der Waals surface area contributed by atoms with Gasteiger partial charge in [-0.15, -0.1) is 0 Å². The third-order valence-corrected chi connectivity index (χ3v) is 12.1. The Morgan fingerprint density at radius 1 is 0.369 bits per heavy atom. The first kappa shape index (κ1) is 56.7. The smallest absolute Gasteiger partial charge is 0.303 e. The molecule has 0 saturated heterocycles. The fraction of sp³-hybridized carbons (Fsp3) is 0.536. The molecule has 0 unspecified atom stereocenters. The van der Waals surface area contributed by atoms with Crippen molar-refractivity contribution in [2.75, 3.05) is 0 Å². The number of rotatable bonds is 34. The molecule has 4 rings (SSSR count). The molecule has 0 amide bonds. The van der Waals surface area contributed by atoms with Crippen LogP contribution in [0.2, 0.25) is 0 Å². The van der Waals surface area contributed by atoms with Gasteiger partial charge >= 0.3 is 11.9 Å². The molecule has 0 heterocycles. The first-order valence-electron chi connectivity index (χ1n) is 24.7. The van der Waals surface area contributed by atoms with Gasteiger partial charge in [0.25, 0.3) is 0 Å². The number of Topliss-reactive ketones (excluding diaryl/α,β-unsaturated/α-hetero) is 2. The van der Waals surface area contributed by atoms with Crippen molar-refractivity contribution in [3.05, 3.63) is 118 Å². The Morgan fingerprint density at radius 2 is 0.631 bits per heavy atom. The average Bonchev–Trinajstić information content (AvgIpc) is 3.29. The zero-order chi connectivity index (χ0) is 46.0. The number of hydrogen-bond donors (Lipinski definition) is 2. The van der Waals surface area contributed by atoms with Crippen LogP contribution in [-0.4, -0.2) is 45.3 Å². The zero-order valence-corrected chi connectivity index (χ0v) is 39.9. The number of hydrogen-bond acceptors (Lipinski definition) is 6. The van der Waals surface area contributed by atoms with Crippen LogP contribution in [0.3, 0.4) is 0 Å². The van der Waals surface area contributed by atoms with Crippen molar-refractivity contribution in [1.29, 1.82) is 0 Å². The van der Waals surface area contributed by atoms with E-state index in [0.29, 0.717) is 59.1 Å². The minimum Gasteiger partial charge on any atom is -0.481 e. The average molecular weight is 941 g/mol. The number of carboxylic acid groups (broad SMARTS) is 2. The molecule has 2 aromatic rings. The molecule has 2 N–H and O–H groups in total. The second kappa shape index (κ2) is 35.8. The summed E-state index contributed by atoms with van der Waals surface area (Å²) in [6, 6.07) is 14.2. The summed E-state index contributed by atoms with van der Waals surface area (Å²) in [6.07, 6.45) is 43.3. The molecule has 9 heteroatoms. The Bertz CT molecular complexity index is 1750. The van der Waals surface area contributed by atoms with Gasteiger partial charge in [-0.2, -0.15) is 0 Å². The third-order valence-electron chi connectivity index (χ3n) is 12.1. The van der Waals surface area contributed by atoms with E-state index in [1.54, 1.807) is 36.4 Å². The van der Waals surface area contributed by atoms with E-state index in [9.17, 15) is 28.8 Å². The number of ketones is 4. The van der Waals surface area contributed by atoms with Gasteiger partial charge in [0.15, 0.2) is 23.1 Å². The molecule has 359 valence electrons. The molecule has 0 saturated carbocycles. The molecule has 1 radical (unpaired) electrons. The fourth-order valence-corrected chi connectivity index (χ4v) is 8.29. The maximum atomic E-state index is 12.5. The summed E-state index contributed by atoms with van der Waals surface area (Å²) >= 11 is 0. The molecule has 2 aromatic carbocycles. The molecule has 8 nitrogen and oxygen atoms in total. The van der Waals surface area contributed by atoms with E-state index in [0.717, 1.165) is 89.9 Å². The Morgan fingerprint density at radius 3 is 0.938 bits per heavy atom. The van der Waals surface area contributed by atoms with Crippen LogP contribution in [0.4, 0.5) is 0 Å². The number of carbonyl (C=O) groups is 6. The van der Waals surface area contributed by atoms with Gasteiger partial charge in [-0.25, -0.2) is 0 Å². The summed E-state index contributed by atoms with van der Waals surface area (Å²) in [6.45, 7) is 0. The van der Waals surface area contributed by atoms with Crippen molar-refractivity contribution in [3.63, 3.8) is 0 Å². The minimum atomic E-state index is -0.689. The van der Waals surface area contributed by atoms with Crippen molar-refractivity contribution in [1.82, 2.24) is 0 Å². The predicted molar refractivity (Wildman–Crippen MR) is 258 cm³/mol. The van der Waals surface area contributed by atoms with Gasteiger partial charge in [-0.1, -0.05) is 163 Å². The number of carboxylic acids is 2. The number of allylic oxidation sites excluding steroid dienone is 8. The van der Waals surface area contributed by atoms with Gasteiger partial charge < -0.3 is 10.2 Å². The topological polar surface area (TPSA) is 143 Å². The van der Waals surface area contributed by atoms with Crippen molar-refractivity contribution < 1.29 is 56.0 Å². The Kier molecular flexibility index (Phi) is 31.2. The SMILES string of the molecule is O=C(O)CCCCCCC/C=C\CCCCCCCCC1=CC(=O)c2ccccc2C1=O.O=C(O)CCCCCCC/C=C\CCCCCCCCC1=CC(=O)c2ccccc2C1=O.[Cu]. The predicted octanol–water partition coefficient (Wildman–Crippen LogP) is 15.0. The second-order valence-electron chi connectivity index (χ2n) is 17.5. The van der Waals surface area contributed by atoms with Gasteiger partial charge in [0, 0.05) is 63.3 Å². The summed E-state index contributed by atoms with van der Waals surface area (Å²) in [5.74, 6) is -1.43.